The molecule has 0 aliphatic carbocycles. The third kappa shape index (κ3) is 2.43. The summed E-state index contributed by atoms with van der Waals surface area (Å²) in [5.41, 5.74) is 0. The molecule has 0 aliphatic rings. The molecule has 0 fully saturated rings. The molecule has 0 atom stereocenters. The first-order valence-electron chi connectivity index (χ1n) is 3.70. The maximum atomic E-state index is 11.2. The van der Waals surface area contributed by atoms with Crippen LogP contribution >= 0.6 is 0 Å². The molecule has 5 nitrogen and oxygen atoms in total. The van der Waals surface area contributed by atoms with E-state index in [0.717, 1.165) is 0 Å². The lowest BCUT2D eigenvalue weighted by Gasteiger charge is -2.03. The van der Waals surface area contributed by atoms with Gasteiger partial charge in [0.2, 0.25) is 5.78 Å². The van der Waals surface area contributed by atoms with Crippen LogP contribution in [-0.4, -0.2) is 33.7 Å². The first-order valence-corrected chi connectivity index (χ1v) is 3.70. The van der Waals surface area contributed by atoms with Crippen LogP contribution in [0.4, 0.5) is 0 Å². The van der Waals surface area contributed by atoms with Crippen molar-refractivity contribution in [3.05, 3.63) is 12.2 Å². The molecule has 0 saturated heterocycles. The van der Waals surface area contributed by atoms with E-state index in [4.69, 9.17) is 4.74 Å². The second-order valence-electron chi connectivity index (χ2n) is 2.62. The highest BCUT2D eigenvalue weighted by Crippen LogP contribution is 1.93. The van der Waals surface area contributed by atoms with Crippen LogP contribution in [0.2, 0.25) is 0 Å². The predicted molar refractivity (Wildman–Crippen MR) is 41.8 cm³/mol. The second-order valence-corrected chi connectivity index (χ2v) is 2.62. The molecule has 5 heteroatoms. The van der Waals surface area contributed by atoms with Crippen LogP contribution in [0.15, 0.2) is 6.33 Å². The van der Waals surface area contributed by atoms with Gasteiger partial charge in [-0.3, -0.25) is 9.89 Å². The molecule has 0 aliphatic heterocycles. The van der Waals surface area contributed by atoms with Crippen LogP contribution < -0.4 is 0 Å². The molecule has 0 aromatic carbocycles. The number of hydrogen-bond donors (Lipinski definition) is 1. The highest BCUT2D eigenvalue weighted by molar-refractivity contribution is 5.93. The van der Waals surface area contributed by atoms with Crippen LogP contribution in [0, 0.1) is 0 Å². The van der Waals surface area contributed by atoms with Crippen molar-refractivity contribution in [3.8, 4) is 0 Å². The van der Waals surface area contributed by atoms with E-state index in [-0.39, 0.29) is 24.3 Å². The molecule has 1 N–H and O–H groups in total. The smallest absolute Gasteiger partial charge is 0.225 e. The van der Waals surface area contributed by atoms with Crippen LogP contribution in [0.1, 0.15) is 24.5 Å². The van der Waals surface area contributed by atoms with E-state index in [1.165, 1.54) is 6.33 Å². The number of aromatic nitrogens is 3. The van der Waals surface area contributed by atoms with E-state index in [9.17, 15) is 4.79 Å². The van der Waals surface area contributed by atoms with Crippen LogP contribution in [-0.2, 0) is 4.74 Å². The van der Waals surface area contributed by atoms with Gasteiger partial charge in [0.15, 0.2) is 5.82 Å². The fourth-order valence-corrected chi connectivity index (χ4v) is 0.651. The van der Waals surface area contributed by atoms with E-state index < -0.39 is 0 Å². The lowest BCUT2D eigenvalue weighted by Crippen LogP contribution is -2.14. The molecule has 1 heterocycles. The van der Waals surface area contributed by atoms with Gasteiger partial charge in [-0.25, -0.2) is 4.98 Å². The first kappa shape index (κ1) is 8.86. The summed E-state index contributed by atoms with van der Waals surface area (Å²) in [5, 5.41) is 6.03. The summed E-state index contributed by atoms with van der Waals surface area (Å²) >= 11 is 0. The predicted octanol–water partition coefficient (Wildman–Crippen LogP) is 0.412. The van der Waals surface area contributed by atoms with Crippen molar-refractivity contribution >= 4 is 5.78 Å². The van der Waals surface area contributed by atoms with Gasteiger partial charge >= 0.3 is 0 Å². The number of nitrogens with zero attached hydrogens (tertiary/aromatic N) is 2. The molecular weight excluding hydrogens is 158 g/mol. The number of ether oxygens (including phenoxy) is 1. The Labute approximate surface area is 70.1 Å². The fraction of sp³-hybridized carbons (Fsp3) is 0.571. The largest absolute Gasteiger partial charge is 0.371 e. The lowest BCUT2D eigenvalue weighted by atomic mass is 10.4. The van der Waals surface area contributed by atoms with Crippen molar-refractivity contribution < 1.29 is 9.53 Å². The number of carbonyl (C=O) groups is 1. The van der Waals surface area contributed by atoms with Gasteiger partial charge < -0.3 is 4.74 Å². The topological polar surface area (TPSA) is 67.9 Å². The summed E-state index contributed by atoms with van der Waals surface area (Å²) in [7, 11) is 0. The number of hydrogen-bond acceptors (Lipinski definition) is 4. The van der Waals surface area contributed by atoms with E-state index in [1.54, 1.807) is 0 Å². The minimum Gasteiger partial charge on any atom is -0.371 e. The number of nitrogens with one attached hydrogen (secondary N) is 1. The van der Waals surface area contributed by atoms with E-state index in [2.05, 4.69) is 15.2 Å². The van der Waals surface area contributed by atoms with Gasteiger partial charge in [0, 0.05) is 0 Å². The van der Waals surface area contributed by atoms with Crippen molar-refractivity contribution in [3.63, 3.8) is 0 Å². The van der Waals surface area contributed by atoms with Gasteiger partial charge in [0.05, 0.1) is 6.10 Å². The molecule has 0 spiro atoms. The highest BCUT2D eigenvalue weighted by atomic mass is 16.5. The molecule has 0 unspecified atom stereocenters. The Morgan fingerprint density at radius 1 is 1.75 bits per heavy atom. The third-order valence-corrected chi connectivity index (χ3v) is 1.23. The monoisotopic (exact) mass is 169 g/mol. The third-order valence-electron chi connectivity index (χ3n) is 1.23. The Hall–Kier alpha value is -1.23. The standard InChI is InChI=1S/C7H11N3O2/c1-5(2)12-3-6(11)7-8-4-9-10-7/h4-5H,3H2,1-2H3,(H,8,9,10). The zero-order chi connectivity index (χ0) is 8.97. The van der Waals surface area contributed by atoms with Crippen LogP contribution in [0.25, 0.3) is 0 Å². The van der Waals surface area contributed by atoms with Crippen molar-refractivity contribution in [2.75, 3.05) is 6.61 Å². The van der Waals surface area contributed by atoms with Crippen molar-refractivity contribution in [1.29, 1.82) is 0 Å². The Morgan fingerprint density at radius 2 is 2.50 bits per heavy atom. The second kappa shape index (κ2) is 3.96. The molecule has 66 valence electrons. The molecule has 0 saturated carbocycles. The molecule has 0 bridgehead atoms. The minimum absolute atomic E-state index is 0.0485. The quantitative estimate of drug-likeness (QED) is 0.663. The highest BCUT2D eigenvalue weighted by Gasteiger charge is 2.08. The molecule has 1 aromatic heterocycles. The SMILES string of the molecule is CC(C)OCC(=O)c1ncn[nH]1. The number of Topliss-reactive ketones (excluding diaryl/α,β-unsaturated/α-hetero) is 1. The molecule has 0 amide bonds. The maximum Gasteiger partial charge on any atom is 0.225 e. The van der Waals surface area contributed by atoms with E-state index in [1.807, 2.05) is 13.8 Å². The number of rotatable bonds is 4. The van der Waals surface area contributed by atoms with Gasteiger partial charge in [-0.05, 0) is 13.8 Å². The number of aromatic amines is 1. The Kier molecular flexibility index (Phi) is 2.93. The fourth-order valence-electron chi connectivity index (χ4n) is 0.651. The number of H-pyrrole nitrogens is 1. The van der Waals surface area contributed by atoms with Crippen LogP contribution in [0.3, 0.4) is 0 Å². The normalized spacial score (nSPS) is 10.6. The Morgan fingerprint density at radius 3 is 3.00 bits per heavy atom. The van der Waals surface area contributed by atoms with Crippen molar-refractivity contribution in [2.45, 2.75) is 20.0 Å². The maximum absolute atomic E-state index is 11.2. The van der Waals surface area contributed by atoms with Gasteiger partial charge in [0.25, 0.3) is 0 Å². The summed E-state index contributed by atoms with van der Waals surface area (Å²) < 4.78 is 5.09. The van der Waals surface area contributed by atoms with Crippen molar-refractivity contribution in [1.82, 2.24) is 15.2 Å². The van der Waals surface area contributed by atoms with E-state index >= 15 is 0 Å². The summed E-state index contributed by atoms with van der Waals surface area (Å²) in [6.07, 6.45) is 1.35. The average molecular weight is 169 g/mol. The molecule has 1 aromatic rings. The number of carbonyl (C=O) groups excluding carboxylic acids is 1. The molecular formula is C7H11N3O2. The Balaban J connectivity index is 2.40. The van der Waals surface area contributed by atoms with Gasteiger partial charge in [0.1, 0.15) is 12.9 Å². The molecule has 0 radical (unpaired) electrons. The summed E-state index contributed by atoms with van der Waals surface area (Å²) in [4.78, 5) is 14.8. The average Bonchev–Trinajstić information content (AvgIpc) is 2.51. The first-order chi connectivity index (χ1) is 5.70. The van der Waals surface area contributed by atoms with Gasteiger partial charge in [-0.15, -0.1) is 0 Å². The van der Waals surface area contributed by atoms with Gasteiger partial charge in [-0.2, -0.15) is 5.10 Å². The summed E-state index contributed by atoms with van der Waals surface area (Å²) in [6, 6.07) is 0. The zero-order valence-electron chi connectivity index (χ0n) is 7.07. The lowest BCUT2D eigenvalue weighted by molar-refractivity contribution is 0.0576. The van der Waals surface area contributed by atoms with Gasteiger partial charge in [-0.1, -0.05) is 0 Å². The molecule has 1 rings (SSSR count). The van der Waals surface area contributed by atoms with Crippen molar-refractivity contribution in [2.24, 2.45) is 0 Å². The Bertz CT molecular complexity index is 243. The zero-order valence-corrected chi connectivity index (χ0v) is 7.07. The minimum atomic E-state index is -0.179. The van der Waals surface area contributed by atoms with Crippen LogP contribution in [0.5, 0.6) is 0 Å². The van der Waals surface area contributed by atoms with E-state index in [0.29, 0.717) is 0 Å². The molecule has 12 heavy (non-hydrogen) atoms. The summed E-state index contributed by atoms with van der Waals surface area (Å²) in [5.74, 6) is 0.0665. The number of ketones is 1. The summed E-state index contributed by atoms with van der Waals surface area (Å²) in [6.45, 7) is 3.79.